The van der Waals surface area contributed by atoms with Gasteiger partial charge in [0.15, 0.2) is 0 Å². The van der Waals surface area contributed by atoms with Crippen LogP contribution in [-0.4, -0.2) is 44.0 Å². The average Bonchev–Trinajstić information content (AvgIpc) is 2.75. The molecule has 1 saturated heterocycles. The van der Waals surface area contributed by atoms with Crippen LogP contribution in [0.1, 0.15) is 24.0 Å². The summed E-state index contributed by atoms with van der Waals surface area (Å²) in [5.74, 6) is 0.148. The van der Waals surface area contributed by atoms with Crippen LogP contribution in [0.2, 0.25) is 0 Å². The second-order valence-electron chi connectivity index (χ2n) is 5.66. The smallest absolute Gasteiger partial charge is 0.123 e. The molecule has 1 fully saturated rings. The maximum atomic E-state index is 7.55. The largest absolute Gasteiger partial charge is 0.384 e. The van der Waals surface area contributed by atoms with Crippen molar-refractivity contribution >= 4 is 11.5 Å². The van der Waals surface area contributed by atoms with Gasteiger partial charge < -0.3 is 15.5 Å². The third-order valence-electron chi connectivity index (χ3n) is 3.78. The fourth-order valence-corrected chi connectivity index (χ4v) is 2.92. The molecule has 1 aliphatic heterocycles. The number of amidine groups is 1. The lowest BCUT2D eigenvalue weighted by Gasteiger charge is -2.29. The molecule has 0 aliphatic carbocycles. The van der Waals surface area contributed by atoms with E-state index in [0.717, 1.165) is 24.2 Å². The van der Waals surface area contributed by atoms with E-state index in [1.165, 1.54) is 18.5 Å². The Labute approximate surface area is 115 Å². The number of nitrogens with one attached hydrogen (secondary N) is 1. The van der Waals surface area contributed by atoms with Crippen molar-refractivity contribution in [3.8, 4) is 0 Å². The first-order valence-corrected chi connectivity index (χ1v) is 6.85. The molecule has 1 heterocycles. The lowest BCUT2D eigenvalue weighted by Crippen LogP contribution is -2.37. The van der Waals surface area contributed by atoms with Gasteiger partial charge in [0.05, 0.1) is 0 Å². The lowest BCUT2D eigenvalue weighted by atomic mass is 10.1. The highest BCUT2D eigenvalue weighted by Crippen LogP contribution is 2.27. The van der Waals surface area contributed by atoms with Crippen LogP contribution < -0.4 is 10.6 Å². The van der Waals surface area contributed by atoms with E-state index in [1.54, 1.807) is 0 Å². The fraction of sp³-hybridized carbons (Fsp3) is 0.533. The molecule has 2 rings (SSSR count). The van der Waals surface area contributed by atoms with Gasteiger partial charge >= 0.3 is 0 Å². The van der Waals surface area contributed by atoms with Gasteiger partial charge in [0, 0.05) is 30.4 Å². The molecular formula is C15H24N4. The van der Waals surface area contributed by atoms with E-state index in [2.05, 4.69) is 36.0 Å². The minimum atomic E-state index is 0.148. The molecule has 19 heavy (non-hydrogen) atoms. The quantitative estimate of drug-likeness (QED) is 0.641. The average molecular weight is 260 g/mol. The van der Waals surface area contributed by atoms with E-state index < -0.39 is 0 Å². The summed E-state index contributed by atoms with van der Waals surface area (Å²) in [4.78, 5) is 4.73. The number of aryl methyl sites for hydroxylation is 1. The lowest BCUT2D eigenvalue weighted by molar-refractivity contribution is 0.372. The van der Waals surface area contributed by atoms with Gasteiger partial charge in [0.2, 0.25) is 0 Å². The second kappa shape index (κ2) is 5.61. The number of likely N-dealkylation sites (N-methyl/N-ethyl adjacent to an activating group) is 1. The SMILES string of the molecule is Cc1cc(N2CCCC2CN(C)C)ccc1C(=N)N. The Morgan fingerprint density at radius 2 is 2.21 bits per heavy atom. The van der Waals surface area contributed by atoms with Crippen LogP contribution >= 0.6 is 0 Å². The Kier molecular flexibility index (Phi) is 4.10. The van der Waals surface area contributed by atoms with Crippen molar-refractivity contribution in [2.45, 2.75) is 25.8 Å². The monoisotopic (exact) mass is 260 g/mol. The van der Waals surface area contributed by atoms with Gasteiger partial charge in [0.25, 0.3) is 0 Å². The maximum Gasteiger partial charge on any atom is 0.123 e. The summed E-state index contributed by atoms with van der Waals surface area (Å²) >= 11 is 0. The fourth-order valence-electron chi connectivity index (χ4n) is 2.92. The molecule has 0 amide bonds. The zero-order valence-corrected chi connectivity index (χ0v) is 12.1. The highest BCUT2D eigenvalue weighted by atomic mass is 15.2. The Morgan fingerprint density at radius 3 is 2.79 bits per heavy atom. The van der Waals surface area contributed by atoms with Crippen molar-refractivity contribution in [3.05, 3.63) is 29.3 Å². The first-order valence-electron chi connectivity index (χ1n) is 6.85. The van der Waals surface area contributed by atoms with E-state index in [1.807, 2.05) is 13.0 Å². The van der Waals surface area contributed by atoms with Crippen LogP contribution in [0.25, 0.3) is 0 Å². The first-order chi connectivity index (χ1) is 8.99. The molecule has 0 spiro atoms. The second-order valence-corrected chi connectivity index (χ2v) is 5.66. The van der Waals surface area contributed by atoms with Crippen LogP contribution in [0.3, 0.4) is 0 Å². The number of rotatable bonds is 4. The van der Waals surface area contributed by atoms with Crippen LogP contribution in [0.15, 0.2) is 18.2 Å². The van der Waals surface area contributed by atoms with E-state index in [4.69, 9.17) is 11.1 Å². The van der Waals surface area contributed by atoms with Gasteiger partial charge in [-0.15, -0.1) is 0 Å². The third kappa shape index (κ3) is 3.07. The molecule has 0 aromatic heterocycles. The molecular weight excluding hydrogens is 236 g/mol. The number of hydrogen-bond acceptors (Lipinski definition) is 3. The zero-order valence-electron chi connectivity index (χ0n) is 12.1. The molecule has 1 aromatic rings. The van der Waals surface area contributed by atoms with Crippen LogP contribution in [0, 0.1) is 12.3 Å². The molecule has 0 bridgehead atoms. The Hall–Kier alpha value is -1.55. The van der Waals surface area contributed by atoms with Crippen molar-refractivity contribution in [3.63, 3.8) is 0 Å². The van der Waals surface area contributed by atoms with Gasteiger partial charge in [-0.3, -0.25) is 5.41 Å². The highest BCUT2D eigenvalue weighted by Gasteiger charge is 2.25. The summed E-state index contributed by atoms with van der Waals surface area (Å²) in [5, 5.41) is 7.55. The van der Waals surface area contributed by atoms with Gasteiger partial charge in [-0.05, 0) is 57.6 Å². The van der Waals surface area contributed by atoms with Crippen molar-refractivity contribution in [1.82, 2.24) is 4.90 Å². The van der Waals surface area contributed by atoms with Gasteiger partial charge in [-0.25, -0.2) is 0 Å². The van der Waals surface area contributed by atoms with E-state index in [-0.39, 0.29) is 5.84 Å². The Bertz CT molecular complexity index is 467. The normalized spacial score (nSPS) is 19.2. The minimum Gasteiger partial charge on any atom is -0.384 e. The summed E-state index contributed by atoms with van der Waals surface area (Å²) in [6.45, 7) is 4.24. The van der Waals surface area contributed by atoms with E-state index >= 15 is 0 Å². The van der Waals surface area contributed by atoms with Crippen molar-refractivity contribution < 1.29 is 0 Å². The zero-order chi connectivity index (χ0) is 14.0. The number of anilines is 1. The number of nitrogens with zero attached hydrogens (tertiary/aromatic N) is 2. The van der Waals surface area contributed by atoms with Gasteiger partial charge in [-0.2, -0.15) is 0 Å². The molecule has 1 atom stereocenters. The summed E-state index contributed by atoms with van der Waals surface area (Å²) < 4.78 is 0. The standard InChI is InChI=1S/C15H24N4/c1-11-9-12(6-7-14(11)15(16)17)19-8-4-5-13(19)10-18(2)3/h6-7,9,13H,4-5,8,10H2,1-3H3,(H3,16,17). The Balaban J connectivity index is 2.21. The number of benzene rings is 1. The van der Waals surface area contributed by atoms with Crippen LogP contribution in [0.5, 0.6) is 0 Å². The molecule has 3 N–H and O–H groups in total. The minimum absolute atomic E-state index is 0.148. The van der Waals surface area contributed by atoms with Gasteiger partial charge in [0.1, 0.15) is 5.84 Å². The molecule has 1 aliphatic rings. The van der Waals surface area contributed by atoms with Crippen molar-refractivity contribution in [2.75, 3.05) is 32.1 Å². The van der Waals surface area contributed by atoms with Crippen LogP contribution in [-0.2, 0) is 0 Å². The first kappa shape index (κ1) is 13.9. The predicted molar refractivity (Wildman–Crippen MR) is 81.1 cm³/mol. The predicted octanol–water partition coefficient (Wildman–Crippen LogP) is 1.81. The number of nitrogens with two attached hydrogens (primary N) is 1. The van der Waals surface area contributed by atoms with Crippen molar-refractivity contribution in [2.24, 2.45) is 5.73 Å². The van der Waals surface area contributed by atoms with E-state index in [0.29, 0.717) is 6.04 Å². The van der Waals surface area contributed by atoms with E-state index in [9.17, 15) is 0 Å². The number of nitrogen functional groups attached to an aromatic ring is 1. The number of hydrogen-bond donors (Lipinski definition) is 2. The maximum absolute atomic E-state index is 7.55. The molecule has 104 valence electrons. The summed E-state index contributed by atoms with van der Waals surface area (Å²) in [6.07, 6.45) is 2.51. The summed E-state index contributed by atoms with van der Waals surface area (Å²) in [6, 6.07) is 6.82. The highest BCUT2D eigenvalue weighted by molar-refractivity contribution is 5.96. The Morgan fingerprint density at radius 1 is 1.47 bits per heavy atom. The molecule has 1 aromatic carbocycles. The van der Waals surface area contributed by atoms with Crippen LogP contribution in [0.4, 0.5) is 5.69 Å². The topological polar surface area (TPSA) is 56.4 Å². The third-order valence-corrected chi connectivity index (χ3v) is 3.78. The molecule has 4 heteroatoms. The molecule has 0 saturated carbocycles. The summed E-state index contributed by atoms with van der Waals surface area (Å²) in [5.41, 5.74) is 8.75. The van der Waals surface area contributed by atoms with Gasteiger partial charge in [-0.1, -0.05) is 0 Å². The van der Waals surface area contributed by atoms with Crippen molar-refractivity contribution in [1.29, 1.82) is 5.41 Å². The molecule has 1 unspecified atom stereocenters. The molecule has 4 nitrogen and oxygen atoms in total. The summed E-state index contributed by atoms with van der Waals surface area (Å²) in [7, 11) is 4.25. The molecule has 0 radical (unpaired) electrons.